The van der Waals surface area contributed by atoms with E-state index in [1.165, 1.54) is 0 Å². The van der Waals surface area contributed by atoms with Crippen LogP contribution in [-0.4, -0.2) is 5.91 Å². The average molecular weight is 222 g/mol. The summed E-state index contributed by atoms with van der Waals surface area (Å²) in [4.78, 5) is 11.0. The molecule has 76 valence electrons. The molecule has 0 fully saturated rings. The number of carbonyl (C=O) groups excluding carboxylic acids is 1. The Morgan fingerprint density at radius 3 is 2.73 bits per heavy atom. The molecule has 1 amide bonds. The van der Waals surface area contributed by atoms with Crippen LogP contribution in [0.3, 0.4) is 0 Å². The van der Waals surface area contributed by atoms with Gasteiger partial charge in [-0.05, 0) is 30.3 Å². The second-order valence-electron chi connectivity index (χ2n) is 3.04. The lowest BCUT2D eigenvalue weighted by Gasteiger charge is -2.02. The number of rotatable bonds is 2. The zero-order valence-electron chi connectivity index (χ0n) is 7.74. The molecule has 1 aromatic heterocycles. The smallest absolute Gasteiger partial charge is 0.248 e. The summed E-state index contributed by atoms with van der Waals surface area (Å²) in [5.74, 6) is 0.127. The number of amides is 1. The third-order valence-corrected chi connectivity index (χ3v) is 2.37. The summed E-state index contributed by atoms with van der Waals surface area (Å²) in [6, 6.07) is 8.34. The first-order valence-electron chi connectivity index (χ1n) is 4.31. The van der Waals surface area contributed by atoms with E-state index in [0.717, 1.165) is 0 Å². The summed E-state index contributed by atoms with van der Waals surface area (Å²) in [7, 11) is 0. The molecule has 0 radical (unpaired) electrons. The maximum Gasteiger partial charge on any atom is 0.248 e. The number of nitrogens with two attached hydrogens (primary N) is 1. The summed E-state index contributed by atoms with van der Waals surface area (Å²) < 4.78 is 5.20. The Hall–Kier alpha value is -1.74. The number of halogens is 1. The maximum atomic E-state index is 11.0. The molecule has 1 aromatic carbocycles. The fraction of sp³-hybridized carbons (Fsp3) is 0. The molecule has 1 heterocycles. The molecule has 0 aliphatic heterocycles. The van der Waals surface area contributed by atoms with E-state index in [2.05, 4.69) is 0 Å². The largest absolute Gasteiger partial charge is 0.464 e. The fourth-order valence-electron chi connectivity index (χ4n) is 1.30. The van der Waals surface area contributed by atoms with Crippen LogP contribution in [0.5, 0.6) is 0 Å². The van der Waals surface area contributed by atoms with Gasteiger partial charge in [0.1, 0.15) is 5.76 Å². The van der Waals surface area contributed by atoms with Gasteiger partial charge in [-0.25, -0.2) is 0 Å². The summed E-state index contributed by atoms with van der Waals surface area (Å²) in [6.45, 7) is 0. The van der Waals surface area contributed by atoms with Gasteiger partial charge in [-0.2, -0.15) is 0 Å². The van der Waals surface area contributed by atoms with Gasteiger partial charge in [0, 0.05) is 11.1 Å². The SMILES string of the molecule is NC(=O)c1ccc(Cl)c(-c2ccco2)c1. The molecule has 0 saturated heterocycles. The molecule has 15 heavy (non-hydrogen) atoms. The molecule has 4 heteroatoms. The minimum absolute atomic E-state index is 0.408. The van der Waals surface area contributed by atoms with E-state index in [0.29, 0.717) is 21.9 Å². The van der Waals surface area contributed by atoms with Crippen LogP contribution >= 0.6 is 11.6 Å². The van der Waals surface area contributed by atoms with Crippen molar-refractivity contribution in [3.8, 4) is 11.3 Å². The third kappa shape index (κ3) is 1.87. The second kappa shape index (κ2) is 3.79. The van der Waals surface area contributed by atoms with Crippen LogP contribution in [-0.2, 0) is 0 Å². The highest BCUT2D eigenvalue weighted by Crippen LogP contribution is 2.28. The summed E-state index contributed by atoms with van der Waals surface area (Å²) in [5, 5.41) is 0.523. The van der Waals surface area contributed by atoms with E-state index >= 15 is 0 Å². The van der Waals surface area contributed by atoms with Gasteiger partial charge in [0.15, 0.2) is 0 Å². The molecule has 0 bridgehead atoms. The number of hydrogen-bond donors (Lipinski definition) is 1. The van der Waals surface area contributed by atoms with Crippen molar-refractivity contribution in [1.29, 1.82) is 0 Å². The second-order valence-corrected chi connectivity index (χ2v) is 3.44. The standard InChI is InChI=1S/C11H8ClNO2/c12-9-4-3-7(11(13)14)6-8(9)10-2-1-5-15-10/h1-6H,(H2,13,14). The number of primary amides is 1. The van der Waals surface area contributed by atoms with Crippen LogP contribution in [0.2, 0.25) is 5.02 Å². The molecule has 0 spiro atoms. The lowest BCUT2D eigenvalue weighted by Crippen LogP contribution is -2.10. The number of hydrogen-bond acceptors (Lipinski definition) is 2. The van der Waals surface area contributed by atoms with Gasteiger partial charge < -0.3 is 10.2 Å². The zero-order chi connectivity index (χ0) is 10.8. The Labute approximate surface area is 91.5 Å². The van der Waals surface area contributed by atoms with E-state index in [1.54, 1.807) is 36.6 Å². The maximum absolute atomic E-state index is 11.0. The topological polar surface area (TPSA) is 56.2 Å². The molecule has 2 rings (SSSR count). The quantitative estimate of drug-likeness (QED) is 0.848. The number of carbonyl (C=O) groups is 1. The van der Waals surface area contributed by atoms with Crippen LogP contribution in [0.15, 0.2) is 41.0 Å². The van der Waals surface area contributed by atoms with Crippen LogP contribution in [0.1, 0.15) is 10.4 Å². The summed E-state index contributed by atoms with van der Waals surface area (Å²) >= 11 is 5.98. The van der Waals surface area contributed by atoms with Crippen molar-refractivity contribution in [2.75, 3.05) is 0 Å². The molecule has 0 unspecified atom stereocenters. The van der Waals surface area contributed by atoms with Crippen molar-refractivity contribution in [3.05, 3.63) is 47.2 Å². The summed E-state index contributed by atoms with van der Waals surface area (Å²) in [6.07, 6.45) is 1.54. The molecule has 3 nitrogen and oxygen atoms in total. The Balaban J connectivity index is 2.55. The molecule has 0 aliphatic carbocycles. The van der Waals surface area contributed by atoms with Crippen molar-refractivity contribution >= 4 is 17.5 Å². The van der Waals surface area contributed by atoms with Crippen molar-refractivity contribution in [2.45, 2.75) is 0 Å². The molecule has 0 saturated carbocycles. The van der Waals surface area contributed by atoms with Gasteiger partial charge in [-0.1, -0.05) is 11.6 Å². The van der Waals surface area contributed by atoms with E-state index in [4.69, 9.17) is 21.8 Å². The van der Waals surface area contributed by atoms with Gasteiger partial charge in [0.25, 0.3) is 0 Å². The predicted molar refractivity (Wildman–Crippen MR) is 57.7 cm³/mol. The molecule has 0 aliphatic rings. The van der Waals surface area contributed by atoms with Gasteiger partial charge in [-0.15, -0.1) is 0 Å². The Kier molecular flexibility index (Phi) is 2.47. The van der Waals surface area contributed by atoms with Crippen molar-refractivity contribution < 1.29 is 9.21 Å². The zero-order valence-corrected chi connectivity index (χ0v) is 8.49. The monoisotopic (exact) mass is 221 g/mol. The number of benzene rings is 1. The van der Waals surface area contributed by atoms with Crippen LogP contribution in [0, 0.1) is 0 Å². The lowest BCUT2D eigenvalue weighted by molar-refractivity contribution is 0.100. The average Bonchev–Trinajstić information content (AvgIpc) is 2.71. The van der Waals surface area contributed by atoms with E-state index < -0.39 is 5.91 Å². The van der Waals surface area contributed by atoms with E-state index in [1.807, 2.05) is 0 Å². The summed E-state index contributed by atoms with van der Waals surface area (Å²) in [5.41, 5.74) is 6.25. The molecular formula is C11H8ClNO2. The highest BCUT2D eigenvalue weighted by molar-refractivity contribution is 6.33. The Morgan fingerprint density at radius 2 is 2.13 bits per heavy atom. The first kappa shape index (κ1) is 9.80. The lowest BCUT2D eigenvalue weighted by atomic mass is 10.1. The predicted octanol–water partition coefficient (Wildman–Crippen LogP) is 2.70. The van der Waals surface area contributed by atoms with Gasteiger partial charge >= 0.3 is 0 Å². The Morgan fingerprint density at radius 1 is 1.33 bits per heavy atom. The highest BCUT2D eigenvalue weighted by atomic mass is 35.5. The number of furan rings is 1. The van der Waals surface area contributed by atoms with Gasteiger partial charge in [0.05, 0.1) is 11.3 Å². The van der Waals surface area contributed by atoms with Crippen LogP contribution in [0.25, 0.3) is 11.3 Å². The van der Waals surface area contributed by atoms with Crippen molar-refractivity contribution in [3.63, 3.8) is 0 Å². The molecule has 2 N–H and O–H groups in total. The van der Waals surface area contributed by atoms with Crippen molar-refractivity contribution in [2.24, 2.45) is 5.73 Å². The normalized spacial score (nSPS) is 10.2. The van der Waals surface area contributed by atoms with Crippen LogP contribution in [0.4, 0.5) is 0 Å². The van der Waals surface area contributed by atoms with E-state index in [9.17, 15) is 4.79 Å². The minimum atomic E-state index is -0.487. The first-order valence-corrected chi connectivity index (χ1v) is 4.69. The highest BCUT2D eigenvalue weighted by Gasteiger charge is 2.09. The molecular weight excluding hydrogens is 214 g/mol. The third-order valence-electron chi connectivity index (χ3n) is 2.04. The van der Waals surface area contributed by atoms with Gasteiger partial charge in [0.2, 0.25) is 5.91 Å². The van der Waals surface area contributed by atoms with Gasteiger partial charge in [-0.3, -0.25) is 4.79 Å². The molecule has 2 aromatic rings. The fourth-order valence-corrected chi connectivity index (χ4v) is 1.51. The molecule has 0 atom stereocenters. The van der Waals surface area contributed by atoms with Crippen LogP contribution < -0.4 is 5.73 Å². The van der Waals surface area contributed by atoms with E-state index in [-0.39, 0.29) is 0 Å². The first-order chi connectivity index (χ1) is 7.18. The minimum Gasteiger partial charge on any atom is -0.464 e. The Bertz CT molecular complexity index is 491. The van der Waals surface area contributed by atoms with Crippen molar-refractivity contribution in [1.82, 2.24) is 0 Å².